The summed E-state index contributed by atoms with van der Waals surface area (Å²) in [6.07, 6.45) is 2.53. The number of benzene rings is 1. The number of carbonyl (C=O) groups is 2. The summed E-state index contributed by atoms with van der Waals surface area (Å²) in [5.74, 6) is -0.185. The van der Waals surface area contributed by atoms with Crippen LogP contribution in [0.5, 0.6) is 0 Å². The van der Waals surface area contributed by atoms with Gasteiger partial charge in [-0.3, -0.25) is 4.79 Å². The van der Waals surface area contributed by atoms with E-state index in [0.29, 0.717) is 49.5 Å². The van der Waals surface area contributed by atoms with Crippen molar-refractivity contribution in [1.29, 1.82) is 0 Å². The zero-order valence-electron chi connectivity index (χ0n) is 17.0. The Balaban J connectivity index is 1.45. The molecule has 1 fully saturated rings. The summed E-state index contributed by atoms with van der Waals surface area (Å²) >= 11 is 1.77. The van der Waals surface area contributed by atoms with Gasteiger partial charge in [-0.1, -0.05) is 19.1 Å². The van der Waals surface area contributed by atoms with Crippen LogP contribution in [0.25, 0.3) is 0 Å². The van der Waals surface area contributed by atoms with E-state index in [1.54, 1.807) is 35.0 Å². The molecule has 2 aliphatic heterocycles. The molecule has 1 aromatic carbocycles. The first-order chi connectivity index (χ1) is 14.6. The van der Waals surface area contributed by atoms with Gasteiger partial charge in [0.25, 0.3) is 5.91 Å². The van der Waals surface area contributed by atoms with Crippen LogP contribution in [-0.4, -0.2) is 61.6 Å². The number of anilines is 2. The van der Waals surface area contributed by atoms with Crippen LogP contribution >= 0.6 is 11.8 Å². The molecule has 2 aromatic rings. The van der Waals surface area contributed by atoms with Crippen LogP contribution in [-0.2, 0) is 14.3 Å². The molecular weight excluding hydrogens is 402 g/mol. The molecule has 30 heavy (non-hydrogen) atoms. The Morgan fingerprint density at radius 1 is 1.17 bits per heavy atom. The number of morpholine rings is 1. The summed E-state index contributed by atoms with van der Waals surface area (Å²) in [6, 6.07) is 11.3. The lowest BCUT2D eigenvalue weighted by atomic mass is 10.2. The Morgan fingerprint density at radius 3 is 2.80 bits per heavy atom. The minimum atomic E-state index is -0.538. The van der Waals surface area contributed by atoms with E-state index in [4.69, 9.17) is 9.47 Å². The normalized spacial score (nSPS) is 19.0. The fraction of sp³-hybridized carbons (Fsp3) is 0.409. The molecule has 0 radical (unpaired) electrons. The van der Waals surface area contributed by atoms with E-state index in [2.05, 4.69) is 11.9 Å². The molecule has 2 aliphatic rings. The second kappa shape index (κ2) is 9.49. The van der Waals surface area contributed by atoms with E-state index in [9.17, 15) is 9.59 Å². The number of aromatic nitrogens is 1. The highest BCUT2D eigenvalue weighted by molar-refractivity contribution is 8.00. The average Bonchev–Trinajstić information content (AvgIpc) is 2.96. The molecule has 1 atom stereocenters. The van der Waals surface area contributed by atoms with Gasteiger partial charge in [0.15, 0.2) is 6.61 Å². The zero-order chi connectivity index (χ0) is 20.9. The van der Waals surface area contributed by atoms with Crippen LogP contribution in [0.1, 0.15) is 23.7 Å². The second-order valence-electron chi connectivity index (χ2n) is 7.28. The molecule has 1 aromatic heterocycles. The highest BCUT2D eigenvalue weighted by Crippen LogP contribution is 2.37. The van der Waals surface area contributed by atoms with Gasteiger partial charge in [0.1, 0.15) is 11.4 Å². The first kappa shape index (κ1) is 20.7. The van der Waals surface area contributed by atoms with Crippen LogP contribution in [0.15, 0.2) is 47.5 Å². The predicted molar refractivity (Wildman–Crippen MR) is 116 cm³/mol. The lowest BCUT2D eigenvalue weighted by Crippen LogP contribution is -2.38. The molecule has 0 saturated carbocycles. The SMILES string of the molecule is C[C@H]1CCN(C(=O)COC(=O)c2cccnc2N2CCOCC2)c2ccccc2S1. The Labute approximate surface area is 180 Å². The van der Waals surface area contributed by atoms with E-state index >= 15 is 0 Å². The van der Waals surface area contributed by atoms with Gasteiger partial charge in [0.05, 0.1) is 18.9 Å². The van der Waals surface area contributed by atoms with Crippen LogP contribution in [0.3, 0.4) is 0 Å². The maximum absolute atomic E-state index is 12.9. The third-order valence-electron chi connectivity index (χ3n) is 5.19. The molecule has 0 unspecified atom stereocenters. The third-order valence-corrected chi connectivity index (χ3v) is 6.43. The molecule has 0 N–H and O–H groups in total. The van der Waals surface area contributed by atoms with Gasteiger partial charge >= 0.3 is 5.97 Å². The van der Waals surface area contributed by atoms with Gasteiger partial charge in [0, 0.05) is 36.0 Å². The van der Waals surface area contributed by atoms with E-state index in [1.165, 1.54) is 0 Å². The molecule has 0 spiro atoms. The van der Waals surface area contributed by atoms with Crippen LogP contribution in [0.4, 0.5) is 11.5 Å². The van der Waals surface area contributed by atoms with Gasteiger partial charge in [-0.25, -0.2) is 9.78 Å². The number of fused-ring (bicyclic) bond motifs is 1. The Hall–Kier alpha value is -2.58. The first-order valence-electron chi connectivity index (χ1n) is 10.1. The van der Waals surface area contributed by atoms with E-state index in [-0.39, 0.29) is 12.5 Å². The monoisotopic (exact) mass is 427 g/mol. The van der Waals surface area contributed by atoms with Crippen molar-refractivity contribution in [3.05, 3.63) is 48.2 Å². The third kappa shape index (κ3) is 4.60. The quantitative estimate of drug-likeness (QED) is 0.695. The highest BCUT2D eigenvalue weighted by atomic mass is 32.2. The van der Waals surface area contributed by atoms with Crippen molar-refractivity contribution in [2.45, 2.75) is 23.5 Å². The topological polar surface area (TPSA) is 72.0 Å². The molecule has 1 amide bonds. The van der Waals surface area contributed by atoms with Gasteiger partial charge in [-0.15, -0.1) is 11.8 Å². The van der Waals surface area contributed by atoms with E-state index in [0.717, 1.165) is 17.0 Å². The minimum absolute atomic E-state index is 0.220. The minimum Gasteiger partial charge on any atom is -0.452 e. The largest absolute Gasteiger partial charge is 0.452 e. The summed E-state index contributed by atoms with van der Waals surface area (Å²) in [5.41, 5.74) is 1.25. The van der Waals surface area contributed by atoms with Gasteiger partial charge < -0.3 is 19.3 Å². The lowest BCUT2D eigenvalue weighted by Gasteiger charge is -2.29. The first-order valence-corrected chi connectivity index (χ1v) is 11.0. The molecule has 7 nitrogen and oxygen atoms in total. The molecular formula is C22H25N3O4S. The number of amides is 1. The number of carbonyl (C=O) groups excluding carboxylic acids is 2. The summed E-state index contributed by atoms with van der Waals surface area (Å²) < 4.78 is 10.8. The fourth-order valence-electron chi connectivity index (χ4n) is 3.61. The number of para-hydroxylation sites is 1. The number of pyridine rings is 1. The van der Waals surface area contributed by atoms with Crippen molar-refractivity contribution in [2.24, 2.45) is 0 Å². The predicted octanol–water partition coefficient (Wildman–Crippen LogP) is 2.99. The lowest BCUT2D eigenvalue weighted by molar-refractivity contribution is -0.121. The molecule has 0 bridgehead atoms. The van der Waals surface area contributed by atoms with Crippen molar-refractivity contribution in [1.82, 2.24) is 4.98 Å². The number of hydrogen-bond donors (Lipinski definition) is 0. The standard InChI is InChI=1S/C22H25N3O4S/c1-16-8-10-25(18-6-2-3-7-19(18)30-16)20(26)15-29-22(27)17-5-4-9-23-21(17)24-11-13-28-14-12-24/h2-7,9,16H,8,10-15H2,1H3/t16-/m0/s1. The maximum atomic E-state index is 12.9. The second-order valence-corrected chi connectivity index (χ2v) is 8.76. The molecule has 3 heterocycles. The Kier molecular flexibility index (Phi) is 6.54. The Morgan fingerprint density at radius 2 is 1.97 bits per heavy atom. The zero-order valence-corrected chi connectivity index (χ0v) is 17.8. The Bertz CT molecular complexity index is 917. The fourth-order valence-corrected chi connectivity index (χ4v) is 4.73. The van der Waals surface area contributed by atoms with Crippen molar-refractivity contribution >= 4 is 35.1 Å². The van der Waals surface area contributed by atoms with Crippen molar-refractivity contribution in [3.63, 3.8) is 0 Å². The molecule has 4 rings (SSSR count). The van der Waals surface area contributed by atoms with Crippen molar-refractivity contribution < 1.29 is 19.1 Å². The number of hydrogen-bond acceptors (Lipinski definition) is 7. The van der Waals surface area contributed by atoms with Gasteiger partial charge in [0.2, 0.25) is 0 Å². The smallest absolute Gasteiger partial charge is 0.342 e. The van der Waals surface area contributed by atoms with Crippen LogP contribution in [0, 0.1) is 0 Å². The number of ether oxygens (including phenoxy) is 2. The summed E-state index contributed by atoms with van der Waals surface area (Å²) in [6.45, 7) is 4.97. The van der Waals surface area contributed by atoms with Gasteiger partial charge in [-0.2, -0.15) is 0 Å². The average molecular weight is 428 g/mol. The molecule has 0 aliphatic carbocycles. The van der Waals surface area contributed by atoms with E-state index in [1.807, 2.05) is 29.2 Å². The molecule has 8 heteroatoms. The van der Waals surface area contributed by atoms with E-state index < -0.39 is 5.97 Å². The maximum Gasteiger partial charge on any atom is 0.342 e. The van der Waals surface area contributed by atoms with Crippen LogP contribution < -0.4 is 9.80 Å². The summed E-state index contributed by atoms with van der Waals surface area (Å²) in [5, 5.41) is 0.415. The number of thioether (sulfide) groups is 1. The number of rotatable bonds is 4. The van der Waals surface area contributed by atoms with Gasteiger partial charge in [-0.05, 0) is 30.7 Å². The van der Waals surface area contributed by atoms with Crippen molar-refractivity contribution in [3.8, 4) is 0 Å². The highest BCUT2D eigenvalue weighted by Gasteiger charge is 2.26. The number of nitrogens with zero attached hydrogens (tertiary/aromatic N) is 3. The summed E-state index contributed by atoms with van der Waals surface area (Å²) in [4.78, 5) is 34.9. The molecule has 1 saturated heterocycles. The van der Waals surface area contributed by atoms with Crippen molar-refractivity contribution in [2.75, 3.05) is 49.3 Å². The molecule has 158 valence electrons. The summed E-state index contributed by atoms with van der Waals surface area (Å²) in [7, 11) is 0. The number of esters is 1. The van der Waals surface area contributed by atoms with Crippen LogP contribution in [0.2, 0.25) is 0 Å².